The minimum absolute atomic E-state index is 0. The van der Waals surface area contributed by atoms with Crippen molar-refractivity contribution in [2.45, 2.75) is 19.8 Å². The first-order chi connectivity index (χ1) is 5.70. The van der Waals surface area contributed by atoms with Crippen LogP contribution in [0.25, 0.3) is 0 Å². The monoisotopic (exact) mass is 307 g/mol. The minimum Gasteiger partial charge on any atom is -0.352 e. The van der Waals surface area contributed by atoms with Gasteiger partial charge in [0.25, 0.3) is 0 Å². The van der Waals surface area contributed by atoms with Crippen molar-refractivity contribution in [1.29, 1.82) is 0 Å². The first kappa shape index (κ1) is 16.0. The van der Waals surface area contributed by atoms with Gasteiger partial charge < -0.3 is 11.6 Å². The normalized spacial score (nSPS) is 8.46. The summed E-state index contributed by atoms with van der Waals surface area (Å²) in [6, 6.07) is 8.60. The van der Waals surface area contributed by atoms with Gasteiger partial charge in [-0.1, -0.05) is 38.1 Å². The van der Waals surface area contributed by atoms with Gasteiger partial charge in [-0.25, -0.2) is 0 Å². The van der Waals surface area contributed by atoms with Crippen LogP contribution in [0.1, 0.15) is 25.3 Å². The molecule has 0 saturated carbocycles. The summed E-state index contributed by atoms with van der Waals surface area (Å²) in [4.78, 5) is 0. The molecule has 1 unspecified atom stereocenters. The molecule has 0 aliphatic heterocycles. The van der Waals surface area contributed by atoms with Gasteiger partial charge in [-0.15, -0.1) is 9.24 Å². The van der Waals surface area contributed by atoms with E-state index in [4.69, 9.17) is 0 Å². The largest absolute Gasteiger partial charge is 0.352 e. The van der Waals surface area contributed by atoms with Gasteiger partial charge in [-0.2, -0.15) is 0 Å². The second kappa shape index (κ2) is 9.17. The second-order valence-electron chi connectivity index (χ2n) is 2.82. The number of hydrogen-bond acceptors (Lipinski definition) is 0. The van der Waals surface area contributed by atoms with E-state index in [9.17, 15) is 0 Å². The van der Waals surface area contributed by atoms with Gasteiger partial charge >= 0.3 is 0 Å². The topological polar surface area (TPSA) is 0 Å². The van der Waals surface area contributed by atoms with Crippen molar-refractivity contribution in [3.05, 3.63) is 36.2 Å². The number of rotatable bonds is 1. The van der Waals surface area contributed by atoms with Crippen molar-refractivity contribution >= 4 is 26.1 Å². The van der Waals surface area contributed by atoms with Crippen LogP contribution in [-0.2, 0) is 20.4 Å². The molecule has 78 valence electrons. The van der Waals surface area contributed by atoms with E-state index in [-0.39, 0.29) is 20.4 Å². The molecule has 0 aromatic heterocycles. The van der Waals surface area contributed by atoms with Crippen molar-refractivity contribution in [3.8, 4) is 0 Å². The van der Waals surface area contributed by atoms with Gasteiger partial charge in [0, 0.05) is 20.4 Å². The maximum atomic E-state index is 4.39. The second-order valence-corrected chi connectivity index (χ2v) is 3.49. The van der Waals surface area contributed by atoms with E-state index in [0.29, 0.717) is 5.92 Å². The van der Waals surface area contributed by atoms with Gasteiger partial charge in [0.1, 0.15) is 0 Å². The summed E-state index contributed by atoms with van der Waals surface area (Å²) in [6.45, 7) is 4.41. The minimum atomic E-state index is 0. The van der Waals surface area contributed by atoms with E-state index in [1.807, 2.05) is 0 Å². The van der Waals surface area contributed by atoms with Crippen LogP contribution in [0, 0.1) is 6.38 Å². The summed E-state index contributed by atoms with van der Waals surface area (Å²) in [6.07, 6.45) is 2.72. The van der Waals surface area contributed by atoms with Gasteiger partial charge in [0.05, 0.1) is 0 Å². The Hall–Kier alpha value is 0.602. The molecular weight excluding hydrogens is 293 g/mol. The summed E-state index contributed by atoms with van der Waals surface area (Å²) in [7, 11) is 2.68. The molecular formula is C10H15ClPPd-. The maximum Gasteiger partial charge on any atom is 0 e. The number of benzene rings is 1. The summed E-state index contributed by atoms with van der Waals surface area (Å²) in [5.74, 6) is 0.644. The Morgan fingerprint density at radius 1 is 1.15 bits per heavy atom. The van der Waals surface area contributed by atoms with E-state index in [0.717, 1.165) is 0 Å². The predicted octanol–water partition coefficient (Wildman–Crippen LogP) is 3.32. The Kier molecular flexibility index (Phi) is 11.3. The van der Waals surface area contributed by atoms with E-state index < -0.39 is 0 Å². The molecule has 0 fully saturated rings. The third kappa shape index (κ3) is 6.64. The number of hydrogen-bond donors (Lipinski definition) is 0. The van der Waals surface area contributed by atoms with Gasteiger partial charge in [-0.3, -0.25) is 6.38 Å². The Bertz CT molecular complexity index is 209. The van der Waals surface area contributed by atoms with Crippen LogP contribution in [0.3, 0.4) is 0 Å². The Morgan fingerprint density at radius 2 is 1.54 bits per heavy atom. The Labute approximate surface area is 102 Å². The van der Waals surface area contributed by atoms with E-state index in [2.05, 4.69) is 65.3 Å². The summed E-state index contributed by atoms with van der Waals surface area (Å²) >= 11 is 4.39. The SMILES string of the molecule is CC(C)c1ccc(P)cc1.[CH2-]Cl.[Pd]. The molecule has 1 aromatic carbocycles. The standard InChI is InChI=1S/C9H13P.CH2Cl.Pd/c1-7(2)8-3-5-9(10)6-4-8;1-2;/h3-7H,10H2,1-2H3;1H2;/q;-1;. The average molecular weight is 308 g/mol. The van der Waals surface area contributed by atoms with Crippen LogP contribution < -0.4 is 5.30 Å². The molecule has 0 saturated heterocycles. The fraction of sp³-hybridized carbons (Fsp3) is 0.300. The van der Waals surface area contributed by atoms with Crippen molar-refractivity contribution < 1.29 is 20.4 Å². The summed E-state index contributed by atoms with van der Waals surface area (Å²) < 4.78 is 0. The van der Waals surface area contributed by atoms with Crippen LogP contribution in [0.2, 0.25) is 0 Å². The zero-order chi connectivity index (χ0) is 9.56. The molecule has 0 N–H and O–H groups in total. The van der Waals surface area contributed by atoms with Crippen LogP contribution in [-0.4, -0.2) is 0 Å². The zero-order valence-electron chi connectivity index (χ0n) is 7.87. The third-order valence-corrected chi connectivity index (χ3v) is 1.99. The molecule has 0 aliphatic carbocycles. The van der Waals surface area contributed by atoms with Gasteiger partial charge in [-0.05, 0) is 16.8 Å². The molecule has 0 heterocycles. The van der Waals surface area contributed by atoms with E-state index in [1.165, 1.54) is 10.9 Å². The van der Waals surface area contributed by atoms with Gasteiger partial charge in [0.2, 0.25) is 0 Å². The summed E-state index contributed by atoms with van der Waals surface area (Å²) in [5.41, 5.74) is 1.41. The molecule has 0 aliphatic rings. The zero-order valence-corrected chi connectivity index (χ0v) is 11.3. The first-order valence-electron chi connectivity index (χ1n) is 3.82. The third-order valence-electron chi connectivity index (χ3n) is 1.60. The average Bonchev–Trinajstić information content (AvgIpc) is 2.09. The molecule has 1 rings (SSSR count). The molecule has 3 heteroatoms. The number of halogens is 1. The summed E-state index contributed by atoms with van der Waals surface area (Å²) in [5, 5.41) is 1.25. The van der Waals surface area contributed by atoms with Crippen LogP contribution in [0.5, 0.6) is 0 Å². The van der Waals surface area contributed by atoms with Crippen LogP contribution >= 0.6 is 20.8 Å². The molecule has 0 nitrogen and oxygen atoms in total. The Balaban J connectivity index is 0. The molecule has 1 aromatic rings. The fourth-order valence-corrected chi connectivity index (χ4v) is 1.07. The van der Waals surface area contributed by atoms with Gasteiger partial charge in [0.15, 0.2) is 0 Å². The molecule has 1 atom stereocenters. The van der Waals surface area contributed by atoms with Crippen molar-refractivity contribution in [2.75, 3.05) is 0 Å². The van der Waals surface area contributed by atoms with Crippen molar-refractivity contribution in [1.82, 2.24) is 0 Å². The smallest absolute Gasteiger partial charge is 0 e. The van der Waals surface area contributed by atoms with Crippen LogP contribution in [0.4, 0.5) is 0 Å². The molecule has 0 amide bonds. The predicted molar refractivity (Wildman–Crippen MR) is 61.1 cm³/mol. The van der Waals surface area contributed by atoms with E-state index >= 15 is 0 Å². The Morgan fingerprint density at radius 3 is 1.85 bits per heavy atom. The molecule has 13 heavy (non-hydrogen) atoms. The van der Waals surface area contributed by atoms with Crippen molar-refractivity contribution in [3.63, 3.8) is 0 Å². The molecule has 0 spiro atoms. The fourth-order valence-electron chi connectivity index (χ4n) is 0.881. The van der Waals surface area contributed by atoms with Crippen LogP contribution in [0.15, 0.2) is 24.3 Å². The first-order valence-corrected chi connectivity index (χ1v) is 4.93. The quantitative estimate of drug-likeness (QED) is 0.424. The maximum absolute atomic E-state index is 4.39. The van der Waals surface area contributed by atoms with Crippen molar-refractivity contribution in [2.24, 2.45) is 0 Å². The molecule has 0 bridgehead atoms. The van der Waals surface area contributed by atoms with E-state index in [1.54, 1.807) is 0 Å². The molecule has 0 radical (unpaired) electrons.